The molecule has 2 saturated heterocycles. The van der Waals surface area contributed by atoms with Crippen LogP contribution in [0.3, 0.4) is 0 Å². The molecule has 6 nitrogen and oxygen atoms in total. The van der Waals surface area contributed by atoms with E-state index in [9.17, 15) is 13.2 Å². The van der Waals surface area contributed by atoms with Crippen molar-refractivity contribution in [1.29, 1.82) is 0 Å². The van der Waals surface area contributed by atoms with Crippen molar-refractivity contribution in [3.8, 4) is 0 Å². The van der Waals surface area contributed by atoms with Gasteiger partial charge in [-0.2, -0.15) is 4.31 Å². The smallest absolute Gasteiger partial charge is 0.243 e. The molecule has 0 aliphatic carbocycles. The maximum absolute atomic E-state index is 13.2. The number of para-hydroxylation sites is 2. The number of fused-ring (bicyclic) bond motifs is 1. The fraction of sp³-hybridized carbons (Fsp3) is 0.370. The average molecular weight is 478 g/mol. The molecule has 0 bridgehead atoms. The number of benzene rings is 3. The first-order valence-corrected chi connectivity index (χ1v) is 13.6. The first-order chi connectivity index (χ1) is 16.5. The number of rotatable bonds is 5. The molecule has 0 spiro atoms. The van der Waals surface area contributed by atoms with E-state index in [1.807, 2.05) is 48.5 Å². The zero-order chi connectivity index (χ0) is 23.5. The largest absolute Gasteiger partial charge is 0.370 e. The summed E-state index contributed by atoms with van der Waals surface area (Å²) in [4.78, 5) is 15.7. The first-order valence-electron chi connectivity index (χ1n) is 12.2. The Kier molecular flexibility index (Phi) is 6.57. The highest BCUT2D eigenvalue weighted by molar-refractivity contribution is 7.89. The lowest BCUT2D eigenvalue weighted by molar-refractivity contribution is -0.120. The van der Waals surface area contributed by atoms with E-state index >= 15 is 0 Å². The molecular weight excluding hydrogens is 446 g/mol. The van der Waals surface area contributed by atoms with E-state index in [4.69, 9.17) is 0 Å². The van der Waals surface area contributed by atoms with Crippen LogP contribution in [0.5, 0.6) is 0 Å². The van der Waals surface area contributed by atoms with Crippen LogP contribution in [0.25, 0.3) is 10.8 Å². The number of hydrogen-bond acceptors (Lipinski definition) is 4. The van der Waals surface area contributed by atoms with Crippen molar-refractivity contribution in [1.82, 2.24) is 4.31 Å². The molecule has 3 aromatic carbocycles. The van der Waals surface area contributed by atoms with Gasteiger partial charge in [0.2, 0.25) is 15.9 Å². The minimum absolute atomic E-state index is 0.0211. The maximum Gasteiger partial charge on any atom is 0.243 e. The normalized spacial score (nSPS) is 18.2. The Morgan fingerprint density at radius 3 is 2.24 bits per heavy atom. The Hall–Kier alpha value is -2.90. The van der Waals surface area contributed by atoms with E-state index in [2.05, 4.69) is 16.3 Å². The van der Waals surface area contributed by atoms with Gasteiger partial charge >= 0.3 is 0 Å². The number of amides is 1. The molecule has 5 rings (SSSR count). The summed E-state index contributed by atoms with van der Waals surface area (Å²) in [7, 11) is -3.59. The van der Waals surface area contributed by atoms with Crippen LogP contribution >= 0.6 is 0 Å². The van der Waals surface area contributed by atoms with Gasteiger partial charge in [0.15, 0.2) is 0 Å². The lowest BCUT2D eigenvalue weighted by Gasteiger charge is -2.32. The lowest BCUT2D eigenvalue weighted by atomic mass is 9.97. The van der Waals surface area contributed by atoms with Crippen LogP contribution in [0.4, 0.5) is 11.4 Å². The van der Waals surface area contributed by atoms with Gasteiger partial charge in [-0.1, -0.05) is 42.5 Å². The number of nitrogens with one attached hydrogen (secondary N) is 1. The Labute approximate surface area is 201 Å². The van der Waals surface area contributed by atoms with Gasteiger partial charge in [0, 0.05) is 32.1 Å². The van der Waals surface area contributed by atoms with Crippen molar-refractivity contribution in [3.63, 3.8) is 0 Å². The minimum atomic E-state index is -3.59. The number of nitrogens with zero attached hydrogens (tertiary/aromatic N) is 2. The van der Waals surface area contributed by atoms with E-state index in [0.717, 1.165) is 35.2 Å². The van der Waals surface area contributed by atoms with E-state index < -0.39 is 10.0 Å². The second-order valence-electron chi connectivity index (χ2n) is 9.24. The van der Waals surface area contributed by atoms with Crippen molar-refractivity contribution < 1.29 is 13.2 Å². The molecule has 34 heavy (non-hydrogen) atoms. The molecule has 0 radical (unpaired) electrons. The third-order valence-corrected chi connectivity index (χ3v) is 8.94. The quantitative estimate of drug-likeness (QED) is 0.569. The molecule has 2 fully saturated rings. The van der Waals surface area contributed by atoms with Gasteiger partial charge in [0.05, 0.1) is 16.3 Å². The summed E-state index contributed by atoms with van der Waals surface area (Å²) in [6.07, 6.45) is 4.64. The molecule has 7 heteroatoms. The van der Waals surface area contributed by atoms with Crippen molar-refractivity contribution in [2.24, 2.45) is 5.92 Å². The van der Waals surface area contributed by atoms with E-state index in [-0.39, 0.29) is 11.8 Å². The standard InChI is InChI=1S/C27H31N3O3S/c31-27(28-25-10-4-5-11-26(25)29-16-6-1-7-17-29)22-14-18-30(19-15-22)34(32,33)24-13-12-21-8-2-3-9-23(21)20-24/h2-5,8-13,20,22H,1,6-7,14-19H2,(H,28,31). The molecule has 0 aromatic heterocycles. The van der Waals surface area contributed by atoms with Gasteiger partial charge < -0.3 is 10.2 Å². The Balaban J connectivity index is 1.24. The third kappa shape index (κ3) is 4.68. The van der Waals surface area contributed by atoms with Crippen molar-refractivity contribution in [3.05, 3.63) is 66.7 Å². The second kappa shape index (κ2) is 9.76. The predicted octanol–water partition coefficient (Wildman–Crippen LogP) is 4.87. The number of hydrogen-bond donors (Lipinski definition) is 1. The molecule has 2 aliphatic heterocycles. The molecule has 2 aliphatic rings. The molecule has 2 heterocycles. The van der Waals surface area contributed by atoms with Gasteiger partial charge in [0.1, 0.15) is 0 Å². The highest BCUT2D eigenvalue weighted by Crippen LogP contribution is 2.31. The molecule has 0 atom stereocenters. The molecule has 1 amide bonds. The van der Waals surface area contributed by atoms with E-state index in [1.165, 1.54) is 23.6 Å². The SMILES string of the molecule is O=C(Nc1ccccc1N1CCCCC1)C1CCN(S(=O)(=O)c2ccc3ccccc3c2)CC1. The first kappa shape index (κ1) is 22.9. The summed E-state index contributed by atoms with van der Waals surface area (Å²) in [5, 5.41) is 5.06. The average Bonchev–Trinajstić information content (AvgIpc) is 2.89. The van der Waals surface area contributed by atoms with Crippen molar-refractivity contribution in [2.45, 2.75) is 37.0 Å². The van der Waals surface area contributed by atoms with Crippen LogP contribution in [-0.2, 0) is 14.8 Å². The molecule has 1 N–H and O–H groups in total. The number of piperidine rings is 2. The number of carbonyl (C=O) groups excluding carboxylic acids is 1. The second-order valence-corrected chi connectivity index (χ2v) is 11.2. The zero-order valence-corrected chi connectivity index (χ0v) is 20.1. The van der Waals surface area contributed by atoms with E-state index in [1.54, 1.807) is 12.1 Å². The topological polar surface area (TPSA) is 69.7 Å². The monoisotopic (exact) mass is 477 g/mol. The van der Waals surface area contributed by atoms with Gasteiger partial charge in [0.25, 0.3) is 0 Å². The summed E-state index contributed by atoms with van der Waals surface area (Å²) in [6.45, 7) is 2.72. The molecular formula is C27H31N3O3S. The summed E-state index contributed by atoms with van der Waals surface area (Å²) in [5.41, 5.74) is 1.92. The minimum Gasteiger partial charge on any atom is -0.370 e. The Bertz CT molecular complexity index is 1280. The van der Waals surface area contributed by atoms with Crippen LogP contribution in [0.2, 0.25) is 0 Å². The Morgan fingerprint density at radius 2 is 1.47 bits per heavy atom. The predicted molar refractivity (Wildman–Crippen MR) is 137 cm³/mol. The number of sulfonamides is 1. The van der Waals surface area contributed by atoms with Gasteiger partial charge in [-0.15, -0.1) is 0 Å². The van der Waals surface area contributed by atoms with Crippen molar-refractivity contribution in [2.75, 3.05) is 36.4 Å². The summed E-state index contributed by atoms with van der Waals surface area (Å²) >= 11 is 0. The number of anilines is 2. The summed E-state index contributed by atoms with van der Waals surface area (Å²) in [5.74, 6) is -0.218. The van der Waals surface area contributed by atoms with Crippen LogP contribution in [-0.4, -0.2) is 44.8 Å². The van der Waals surface area contributed by atoms with E-state index in [0.29, 0.717) is 30.8 Å². The number of carbonyl (C=O) groups is 1. The zero-order valence-electron chi connectivity index (χ0n) is 19.3. The summed E-state index contributed by atoms with van der Waals surface area (Å²) < 4.78 is 28.0. The fourth-order valence-corrected chi connectivity index (χ4v) is 6.57. The maximum atomic E-state index is 13.2. The van der Waals surface area contributed by atoms with Crippen LogP contribution in [0.1, 0.15) is 32.1 Å². The highest BCUT2D eigenvalue weighted by Gasteiger charge is 2.32. The highest BCUT2D eigenvalue weighted by atomic mass is 32.2. The molecule has 0 unspecified atom stereocenters. The van der Waals surface area contributed by atoms with Crippen LogP contribution < -0.4 is 10.2 Å². The molecule has 0 saturated carbocycles. The molecule has 3 aromatic rings. The van der Waals surface area contributed by atoms with Gasteiger partial charge in [-0.25, -0.2) is 8.42 Å². The lowest BCUT2D eigenvalue weighted by Crippen LogP contribution is -2.41. The van der Waals surface area contributed by atoms with Gasteiger partial charge in [-0.3, -0.25) is 4.79 Å². The molecule has 178 valence electrons. The Morgan fingerprint density at radius 1 is 0.794 bits per heavy atom. The fourth-order valence-electron chi connectivity index (χ4n) is 5.06. The summed E-state index contributed by atoms with van der Waals surface area (Å²) in [6, 6.07) is 21.0. The van der Waals surface area contributed by atoms with Crippen molar-refractivity contribution >= 4 is 38.1 Å². The van der Waals surface area contributed by atoms with Crippen LogP contribution in [0, 0.1) is 5.92 Å². The third-order valence-electron chi connectivity index (χ3n) is 7.04. The van der Waals surface area contributed by atoms with Crippen LogP contribution in [0.15, 0.2) is 71.6 Å². The van der Waals surface area contributed by atoms with Gasteiger partial charge in [-0.05, 0) is 67.1 Å².